The molecule has 0 saturated carbocycles. The van der Waals surface area contributed by atoms with Crippen LogP contribution in [0.2, 0.25) is 0 Å². The first-order chi connectivity index (χ1) is 8.13. The maximum absolute atomic E-state index is 11.9. The summed E-state index contributed by atoms with van der Waals surface area (Å²) >= 11 is 0. The first-order valence-corrected chi connectivity index (χ1v) is 5.82. The van der Waals surface area contributed by atoms with Gasteiger partial charge in [0.25, 0.3) is 0 Å². The van der Waals surface area contributed by atoms with E-state index in [1.54, 1.807) is 0 Å². The summed E-state index contributed by atoms with van der Waals surface area (Å²) in [6, 6.07) is 4.51. The molecule has 0 heterocycles. The molecule has 1 aromatic rings. The summed E-state index contributed by atoms with van der Waals surface area (Å²) in [4.78, 5) is 11.3. The molecule has 0 aromatic heterocycles. The summed E-state index contributed by atoms with van der Waals surface area (Å²) in [5, 5.41) is 8.92. The molecule has 1 aromatic carbocycles. The van der Waals surface area contributed by atoms with Crippen molar-refractivity contribution in [3.05, 3.63) is 29.8 Å². The van der Waals surface area contributed by atoms with Crippen LogP contribution in [0.4, 0.5) is 13.2 Å². The van der Waals surface area contributed by atoms with Gasteiger partial charge in [0.2, 0.25) is 0 Å². The molecule has 0 saturated heterocycles. The van der Waals surface area contributed by atoms with E-state index in [4.69, 9.17) is 5.11 Å². The summed E-state index contributed by atoms with van der Waals surface area (Å²) in [5.41, 5.74) is -5.65. The molecule has 18 heavy (non-hydrogen) atoms. The van der Waals surface area contributed by atoms with Crippen molar-refractivity contribution in [3.63, 3.8) is 0 Å². The lowest BCUT2D eigenvalue weighted by Gasteiger charge is -2.07. The van der Waals surface area contributed by atoms with E-state index in [0.29, 0.717) is 0 Å². The van der Waals surface area contributed by atoms with Gasteiger partial charge in [-0.2, -0.15) is 21.6 Å². The number of carbonyl (C=O) groups excluding carboxylic acids is 1. The van der Waals surface area contributed by atoms with Crippen molar-refractivity contribution in [3.8, 4) is 5.75 Å². The number of hydrogen-bond donors (Lipinski definition) is 1. The van der Waals surface area contributed by atoms with Gasteiger partial charge in [0.1, 0.15) is 12.4 Å². The number of halogens is 3. The second-order valence-electron chi connectivity index (χ2n) is 3.13. The number of aromatic hydroxyl groups is 1. The normalized spacial score (nSPS) is 12.4. The average molecular weight is 284 g/mol. The molecule has 0 aliphatic carbocycles. The summed E-state index contributed by atoms with van der Waals surface area (Å²) in [5.74, 6) is -1.10. The van der Waals surface area contributed by atoms with Crippen LogP contribution in [-0.2, 0) is 14.3 Å². The van der Waals surface area contributed by atoms with Gasteiger partial charge < -0.3 is 5.11 Å². The van der Waals surface area contributed by atoms with Crippen molar-refractivity contribution in [1.29, 1.82) is 0 Å². The zero-order chi connectivity index (χ0) is 14.0. The van der Waals surface area contributed by atoms with Crippen molar-refractivity contribution < 1.29 is 35.7 Å². The summed E-state index contributed by atoms with van der Waals surface area (Å²) in [6.07, 6.45) is 0. The van der Waals surface area contributed by atoms with E-state index >= 15 is 0 Å². The highest BCUT2D eigenvalue weighted by molar-refractivity contribution is 7.87. The minimum atomic E-state index is -5.78. The molecule has 0 bridgehead atoms. The Morgan fingerprint density at radius 2 is 1.72 bits per heavy atom. The van der Waals surface area contributed by atoms with E-state index in [1.807, 2.05) is 0 Å². The van der Waals surface area contributed by atoms with Crippen LogP contribution < -0.4 is 0 Å². The lowest BCUT2D eigenvalue weighted by atomic mass is 10.1. The van der Waals surface area contributed by atoms with E-state index in [1.165, 1.54) is 0 Å². The molecule has 0 aliphatic rings. The summed E-state index contributed by atoms with van der Waals surface area (Å²) in [7, 11) is -5.78. The fraction of sp³-hybridized carbons (Fsp3) is 0.222. The zero-order valence-electron chi connectivity index (χ0n) is 8.64. The molecule has 0 spiro atoms. The van der Waals surface area contributed by atoms with Gasteiger partial charge in [-0.05, 0) is 24.3 Å². The Morgan fingerprint density at radius 1 is 1.22 bits per heavy atom. The molecule has 0 unspecified atom stereocenters. The summed E-state index contributed by atoms with van der Waals surface area (Å²) < 4.78 is 60.2. The number of carbonyl (C=O) groups is 1. The summed E-state index contributed by atoms with van der Waals surface area (Å²) in [6.45, 7) is -1.26. The second-order valence-corrected chi connectivity index (χ2v) is 4.74. The van der Waals surface area contributed by atoms with E-state index in [0.717, 1.165) is 24.3 Å². The smallest absolute Gasteiger partial charge is 0.508 e. The van der Waals surface area contributed by atoms with E-state index < -0.39 is 28.0 Å². The molecule has 0 atom stereocenters. The first kappa shape index (κ1) is 14.5. The molecule has 0 aliphatic heterocycles. The number of hydrogen-bond acceptors (Lipinski definition) is 5. The Morgan fingerprint density at radius 3 is 2.17 bits per heavy atom. The number of phenolic OH excluding ortho intramolecular Hbond substituents is 1. The zero-order valence-corrected chi connectivity index (χ0v) is 9.46. The van der Waals surface area contributed by atoms with Gasteiger partial charge in [0, 0.05) is 5.56 Å². The third-order valence-corrected chi connectivity index (χ3v) is 2.81. The molecular formula is C9H7F3O5S. The predicted octanol–water partition coefficient (Wildman–Crippen LogP) is 1.44. The van der Waals surface area contributed by atoms with Crippen LogP contribution in [-0.4, -0.2) is 31.4 Å². The number of Topliss-reactive ketones (excluding diaryl/α,β-unsaturated/α-hetero) is 1. The SMILES string of the molecule is O=C(COS(=O)(=O)C(F)(F)F)c1ccc(O)cc1. The van der Waals surface area contributed by atoms with Gasteiger partial charge >= 0.3 is 15.6 Å². The largest absolute Gasteiger partial charge is 0.523 e. The van der Waals surface area contributed by atoms with Gasteiger partial charge in [-0.3, -0.25) is 8.98 Å². The third-order valence-electron chi connectivity index (χ3n) is 1.82. The maximum Gasteiger partial charge on any atom is 0.523 e. The molecule has 0 radical (unpaired) electrons. The molecule has 1 N–H and O–H groups in total. The van der Waals surface area contributed by atoms with Gasteiger partial charge in [-0.1, -0.05) is 0 Å². The lowest BCUT2D eigenvalue weighted by molar-refractivity contribution is -0.0536. The number of benzene rings is 1. The van der Waals surface area contributed by atoms with E-state index in [2.05, 4.69) is 4.18 Å². The first-order valence-electron chi connectivity index (χ1n) is 4.41. The van der Waals surface area contributed by atoms with Gasteiger partial charge in [0.05, 0.1) is 0 Å². The molecular weight excluding hydrogens is 277 g/mol. The number of rotatable bonds is 4. The third kappa shape index (κ3) is 3.44. The molecule has 1 rings (SSSR count). The maximum atomic E-state index is 11.9. The fourth-order valence-electron chi connectivity index (χ4n) is 0.929. The van der Waals surface area contributed by atoms with Crippen molar-refractivity contribution in [2.75, 3.05) is 6.61 Å². The van der Waals surface area contributed by atoms with Crippen LogP contribution >= 0.6 is 0 Å². The van der Waals surface area contributed by atoms with E-state index in [-0.39, 0.29) is 11.3 Å². The van der Waals surface area contributed by atoms with Crippen LogP contribution in [0.25, 0.3) is 0 Å². The van der Waals surface area contributed by atoms with Crippen molar-refractivity contribution >= 4 is 15.9 Å². The molecule has 5 nitrogen and oxygen atoms in total. The highest BCUT2D eigenvalue weighted by Crippen LogP contribution is 2.24. The fourth-order valence-corrected chi connectivity index (χ4v) is 1.32. The molecule has 9 heteroatoms. The van der Waals surface area contributed by atoms with Gasteiger partial charge in [0.15, 0.2) is 5.78 Å². The number of alkyl halides is 3. The van der Waals surface area contributed by atoms with Gasteiger partial charge in [-0.15, -0.1) is 0 Å². The number of ketones is 1. The monoisotopic (exact) mass is 284 g/mol. The number of phenols is 1. The van der Waals surface area contributed by atoms with Gasteiger partial charge in [-0.25, -0.2) is 0 Å². The Balaban J connectivity index is 2.71. The molecule has 100 valence electrons. The van der Waals surface area contributed by atoms with Crippen LogP contribution in [0.3, 0.4) is 0 Å². The predicted molar refractivity (Wildman–Crippen MR) is 53.4 cm³/mol. The quantitative estimate of drug-likeness (QED) is 0.514. The minimum absolute atomic E-state index is 0.0785. The highest BCUT2D eigenvalue weighted by atomic mass is 32.2. The Labute approximate surface area is 99.9 Å². The second kappa shape index (κ2) is 4.94. The molecule has 0 amide bonds. The Bertz CT molecular complexity index is 532. The van der Waals surface area contributed by atoms with Crippen LogP contribution in [0.1, 0.15) is 10.4 Å². The lowest BCUT2D eigenvalue weighted by Crippen LogP contribution is -2.27. The van der Waals surface area contributed by atoms with E-state index in [9.17, 15) is 26.4 Å². The van der Waals surface area contributed by atoms with Crippen molar-refractivity contribution in [2.24, 2.45) is 0 Å². The average Bonchev–Trinajstić information content (AvgIpc) is 2.25. The van der Waals surface area contributed by atoms with Crippen LogP contribution in [0, 0.1) is 0 Å². The van der Waals surface area contributed by atoms with Crippen LogP contribution in [0.15, 0.2) is 24.3 Å². The minimum Gasteiger partial charge on any atom is -0.508 e. The standard InChI is InChI=1S/C9H7F3O5S/c10-9(11,12)18(15,16)17-5-8(14)6-1-3-7(13)4-2-6/h1-4,13H,5H2. The molecule has 0 fully saturated rings. The Hall–Kier alpha value is -1.61. The highest BCUT2D eigenvalue weighted by Gasteiger charge is 2.47. The van der Waals surface area contributed by atoms with Crippen molar-refractivity contribution in [2.45, 2.75) is 5.51 Å². The van der Waals surface area contributed by atoms with Crippen LogP contribution in [0.5, 0.6) is 5.75 Å². The topological polar surface area (TPSA) is 80.7 Å². The van der Waals surface area contributed by atoms with Crippen molar-refractivity contribution in [1.82, 2.24) is 0 Å². The Kier molecular flexibility index (Phi) is 3.97.